The molecule has 3 fully saturated rings. The molecule has 2 amide bonds. The largest absolute Gasteiger partial charge is 0.444 e. The molecule has 3 saturated heterocycles. The smallest absolute Gasteiger partial charge is 0.410 e. The number of aromatic nitrogens is 1. The molecule has 1 aromatic carbocycles. The highest BCUT2D eigenvalue weighted by molar-refractivity contribution is 7.89. The number of fused-ring (bicyclic) bond motifs is 2. The van der Waals surface area contributed by atoms with Crippen molar-refractivity contribution in [1.82, 2.24) is 14.2 Å². The number of pyridine rings is 1. The van der Waals surface area contributed by atoms with E-state index in [4.69, 9.17) is 26.8 Å². The Labute approximate surface area is 294 Å². The molecule has 270 valence electrons. The zero-order valence-corrected chi connectivity index (χ0v) is 30.5. The molecule has 3 aliphatic heterocycles. The fourth-order valence-corrected chi connectivity index (χ4v) is 9.55. The molecule has 14 heteroatoms. The van der Waals surface area contributed by atoms with Crippen LogP contribution in [0.2, 0.25) is 5.02 Å². The van der Waals surface area contributed by atoms with Gasteiger partial charge in [0, 0.05) is 41.7 Å². The van der Waals surface area contributed by atoms with Gasteiger partial charge >= 0.3 is 6.09 Å². The number of halogens is 2. The number of nitrogens with one attached hydrogen (secondary N) is 1. The number of amides is 2. The van der Waals surface area contributed by atoms with Gasteiger partial charge < -0.3 is 25.4 Å². The van der Waals surface area contributed by atoms with Crippen molar-refractivity contribution < 1.29 is 31.9 Å². The maximum absolute atomic E-state index is 15.5. The summed E-state index contributed by atoms with van der Waals surface area (Å²) in [7, 11) is -3.59. The minimum Gasteiger partial charge on any atom is -0.444 e. The summed E-state index contributed by atoms with van der Waals surface area (Å²) in [6.07, 6.45) is 4.62. The van der Waals surface area contributed by atoms with Crippen LogP contribution in [0.1, 0.15) is 83.8 Å². The van der Waals surface area contributed by atoms with Crippen LogP contribution in [0, 0.1) is 11.7 Å². The summed E-state index contributed by atoms with van der Waals surface area (Å²) >= 11 is 6.18. The Morgan fingerprint density at radius 2 is 1.82 bits per heavy atom. The highest BCUT2D eigenvalue weighted by Gasteiger charge is 2.44. The molecule has 1 aromatic heterocycles. The molecule has 0 saturated carbocycles. The molecule has 3 N–H and O–H groups in total. The number of carbonyl (C=O) groups excluding carboxylic acids is 2. The van der Waals surface area contributed by atoms with Gasteiger partial charge in [0.05, 0.1) is 42.1 Å². The van der Waals surface area contributed by atoms with Crippen LogP contribution >= 0.6 is 11.6 Å². The Balaban J connectivity index is 1.37. The molecule has 0 aliphatic carbocycles. The topological polar surface area (TPSA) is 144 Å². The molecule has 8 atom stereocenters. The Bertz CT molecular complexity index is 1600. The predicted octanol–water partition coefficient (Wildman–Crippen LogP) is 5.47. The van der Waals surface area contributed by atoms with Crippen molar-refractivity contribution >= 4 is 39.3 Å². The van der Waals surface area contributed by atoms with Crippen molar-refractivity contribution in [3.63, 3.8) is 0 Å². The lowest BCUT2D eigenvalue weighted by atomic mass is 9.74. The molecule has 4 heterocycles. The predicted molar refractivity (Wildman–Crippen MR) is 186 cm³/mol. The lowest BCUT2D eigenvalue weighted by Crippen LogP contribution is -2.60. The van der Waals surface area contributed by atoms with Gasteiger partial charge in [0.25, 0.3) is 0 Å². The number of piperazine rings is 1. The molecule has 0 radical (unpaired) electrons. The summed E-state index contributed by atoms with van der Waals surface area (Å²) in [5.74, 6) is -1.47. The van der Waals surface area contributed by atoms with Gasteiger partial charge in [-0.2, -0.15) is 4.31 Å². The maximum atomic E-state index is 15.5. The monoisotopic (exact) mass is 721 g/mol. The third-order valence-corrected chi connectivity index (χ3v) is 12.0. The van der Waals surface area contributed by atoms with Crippen molar-refractivity contribution in [2.24, 2.45) is 11.7 Å². The number of anilines is 1. The summed E-state index contributed by atoms with van der Waals surface area (Å²) in [5, 5.41) is 3.41. The summed E-state index contributed by atoms with van der Waals surface area (Å²) in [4.78, 5) is 32.7. The van der Waals surface area contributed by atoms with E-state index in [1.54, 1.807) is 37.8 Å². The van der Waals surface area contributed by atoms with Crippen LogP contribution in [-0.4, -0.2) is 89.4 Å². The van der Waals surface area contributed by atoms with Crippen LogP contribution < -0.4 is 11.1 Å². The average molecular weight is 722 g/mol. The Kier molecular flexibility index (Phi) is 11.6. The van der Waals surface area contributed by atoms with Crippen LogP contribution in [0.5, 0.6) is 0 Å². The van der Waals surface area contributed by atoms with Gasteiger partial charge in [0.15, 0.2) is 0 Å². The lowest BCUT2D eigenvalue weighted by Gasteiger charge is -2.44. The second-order valence-corrected chi connectivity index (χ2v) is 17.2. The van der Waals surface area contributed by atoms with E-state index in [1.165, 1.54) is 10.5 Å². The standard InChI is InChI=1S/C35H49ClFN5O6S/c1-21-15-24(16-22(2)47-21)31(23-8-10-25(36)11-9-23)32(38)33(43)40-30-18-39-17-29(37)28(30)13-12-27-19-41(34(44)48-35(3,4)5)26-7-6-14-49(45,46)42(27)20-26/h8-11,17-18,21-22,24,26-27,31-32H,6-7,12-16,19-20,38H2,1-5H3,(H,40,43)/t21-,22+,24?,26-,27+,31+,32+/m1/s1. The quantitative estimate of drug-likeness (QED) is 0.365. The third-order valence-electron chi connectivity index (χ3n) is 9.75. The highest BCUT2D eigenvalue weighted by atomic mass is 35.5. The normalized spacial score (nSPS) is 28.2. The van der Waals surface area contributed by atoms with Crippen LogP contribution in [-0.2, 0) is 30.7 Å². The number of benzene rings is 1. The first-order valence-electron chi connectivity index (χ1n) is 17.1. The van der Waals surface area contributed by atoms with Crippen LogP contribution in [0.4, 0.5) is 14.9 Å². The van der Waals surface area contributed by atoms with Crippen LogP contribution in [0.15, 0.2) is 36.7 Å². The first-order valence-corrected chi connectivity index (χ1v) is 19.1. The fraction of sp³-hybridized carbons (Fsp3) is 0.629. The number of nitrogens with zero attached hydrogens (tertiary/aromatic N) is 3. The van der Waals surface area contributed by atoms with E-state index in [9.17, 15) is 18.0 Å². The number of hydrogen-bond acceptors (Lipinski definition) is 8. The van der Waals surface area contributed by atoms with Crippen molar-refractivity contribution in [1.29, 1.82) is 0 Å². The Morgan fingerprint density at radius 3 is 2.47 bits per heavy atom. The summed E-state index contributed by atoms with van der Waals surface area (Å²) < 4.78 is 55.1. The molecule has 0 spiro atoms. The van der Waals surface area contributed by atoms with Crippen molar-refractivity contribution in [2.75, 3.05) is 24.2 Å². The molecular formula is C35H49ClFN5O6S. The van der Waals surface area contributed by atoms with E-state index in [0.29, 0.717) is 30.7 Å². The molecule has 2 unspecified atom stereocenters. The van der Waals surface area contributed by atoms with Gasteiger partial charge in [-0.05, 0) is 96.8 Å². The molecule has 2 aromatic rings. The van der Waals surface area contributed by atoms with Gasteiger partial charge in [0.1, 0.15) is 11.4 Å². The summed E-state index contributed by atoms with van der Waals surface area (Å²) in [6.45, 7) is 9.63. The number of hydrogen-bond donors (Lipinski definition) is 2. The first-order chi connectivity index (χ1) is 23.0. The molecule has 3 aliphatic rings. The number of sulfonamides is 1. The van der Waals surface area contributed by atoms with E-state index >= 15 is 4.39 Å². The molecular weight excluding hydrogens is 673 g/mol. The highest BCUT2D eigenvalue weighted by Crippen LogP contribution is 2.39. The van der Waals surface area contributed by atoms with E-state index < -0.39 is 45.5 Å². The van der Waals surface area contributed by atoms with Crippen LogP contribution in [0.25, 0.3) is 0 Å². The van der Waals surface area contributed by atoms with Gasteiger partial charge in [0.2, 0.25) is 15.9 Å². The minimum absolute atomic E-state index is 0.00726. The van der Waals surface area contributed by atoms with E-state index in [0.717, 1.165) is 11.8 Å². The maximum Gasteiger partial charge on any atom is 0.410 e. The van der Waals surface area contributed by atoms with Crippen LogP contribution in [0.3, 0.4) is 0 Å². The molecule has 2 bridgehead atoms. The number of rotatable bonds is 8. The Morgan fingerprint density at radius 1 is 1.14 bits per heavy atom. The van der Waals surface area contributed by atoms with Crippen molar-refractivity contribution in [3.05, 3.63) is 58.6 Å². The number of ether oxygens (including phenoxy) is 2. The molecule has 11 nitrogen and oxygen atoms in total. The number of carbonyl (C=O) groups is 2. The zero-order chi connectivity index (χ0) is 35.7. The van der Waals surface area contributed by atoms with Gasteiger partial charge in [-0.3, -0.25) is 9.78 Å². The van der Waals surface area contributed by atoms with E-state index in [-0.39, 0.29) is 73.0 Å². The number of nitrogens with two attached hydrogens (primary N) is 1. The van der Waals surface area contributed by atoms with E-state index in [1.807, 2.05) is 26.0 Å². The Hall–Kier alpha value is -2.84. The van der Waals surface area contributed by atoms with Gasteiger partial charge in [-0.25, -0.2) is 17.6 Å². The van der Waals surface area contributed by atoms with Crippen molar-refractivity contribution in [3.8, 4) is 0 Å². The second-order valence-electron chi connectivity index (χ2n) is 14.7. The molecule has 49 heavy (non-hydrogen) atoms. The fourth-order valence-electron chi connectivity index (χ4n) is 7.63. The average Bonchev–Trinajstić information content (AvgIpc) is 3.13. The second kappa shape index (κ2) is 15.2. The van der Waals surface area contributed by atoms with Gasteiger partial charge in [-0.15, -0.1) is 0 Å². The minimum atomic E-state index is -3.59. The molecule has 5 rings (SSSR count). The lowest BCUT2D eigenvalue weighted by molar-refractivity contribution is -0.119. The SMILES string of the molecule is C[C@@H]1CC([C@H](c2ccc(Cl)cc2)[C@H](N)C(=O)Nc2cncc(F)c2CC[C@H]2CN(C(=O)OC(C)(C)C)[C@@H]3CCCS(=O)(=O)N2C3)C[C@H](C)O1. The summed E-state index contributed by atoms with van der Waals surface area (Å²) in [6, 6.07) is 5.40. The zero-order valence-electron chi connectivity index (χ0n) is 28.9. The van der Waals surface area contributed by atoms with Crippen molar-refractivity contribution in [2.45, 2.75) is 115 Å². The van der Waals surface area contributed by atoms with E-state index in [2.05, 4.69) is 10.3 Å². The summed E-state index contributed by atoms with van der Waals surface area (Å²) in [5.41, 5.74) is 7.25. The third kappa shape index (κ3) is 9.10. The first kappa shape index (κ1) is 37.4. The van der Waals surface area contributed by atoms with Gasteiger partial charge in [-0.1, -0.05) is 23.7 Å².